The molecule has 0 bridgehead atoms. The quantitative estimate of drug-likeness (QED) is 0.585. The van der Waals surface area contributed by atoms with E-state index in [1.165, 1.54) is 19.3 Å². The van der Waals surface area contributed by atoms with Crippen LogP contribution < -0.4 is 0 Å². The molecule has 0 aromatic carbocycles. The van der Waals surface area contributed by atoms with Gasteiger partial charge >= 0.3 is 0 Å². The van der Waals surface area contributed by atoms with Gasteiger partial charge in [0.05, 0.1) is 0 Å². The Morgan fingerprint density at radius 2 is 1.79 bits per heavy atom. The van der Waals surface area contributed by atoms with E-state index in [1.54, 1.807) is 0 Å². The molecule has 2 rings (SSSR count). The summed E-state index contributed by atoms with van der Waals surface area (Å²) < 4.78 is 0. The van der Waals surface area contributed by atoms with Gasteiger partial charge in [0.25, 0.3) is 0 Å². The molecular weight excluding hydrogens is 172 g/mol. The lowest BCUT2D eigenvalue weighted by molar-refractivity contribution is -0.102. The van der Waals surface area contributed by atoms with Crippen molar-refractivity contribution in [3.63, 3.8) is 0 Å². The standard InChI is InChI=1S/C13H20O/c1-3-13(14)11(2)7-6-10-12(13)8-4-5-9-12/h1,11,14H,4-10H2,2H3. The second-order valence-electron chi connectivity index (χ2n) is 5.19. The maximum atomic E-state index is 10.7. The van der Waals surface area contributed by atoms with Gasteiger partial charge < -0.3 is 5.11 Å². The van der Waals surface area contributed by atoms with Gasteiger partial charge in [-0.3, -0.25) is 0 Å². The molecule has 2 fully saturated rings. The Morgan fingerprint density at radius 3 is 2.36 bits per heavy atom. The Kier molecular flexibility index (Phi) is 2.35. The number of rotatable bonds is 0. The first-order valence-corrected chi connectivity index (χ1v) is 5.85. The van der Waals surface area contributed by atoms with Crippen LogP contribution in [-0.2, 0) is 0 Å². The smallest absolute Gasteiger partial charge is 0.133 e. The Bertz CT molecular complexity index is 257. The Morgan fingerprint density at radius 1 is 1.21 bits per heavy atom. The number of aliphatic hydroxyl groups is 1. The van der Waals surface area contributed by atoms with E-state index >= 15 is 0 Å². The van der Waals surface area contributed by atoms with E-state index < -0.39 is 5.60 Å². The molecule has 2 atom stereocenters. The lowest BCUT2D eigenvalue weighted by Gasteiger charge is -2.49. The van der Waals surface area contributed by atoms with Gasteiger partial charge in [0.1, 0.15) is 5.60 Å². The zero-order chi connectivity index (χ0) is 10.2. The van der Waals surface area contributed by atoms with Gasteiger partial charge in [0, 0.05) is 5.41 Å². The highest BCUT2D eigenvalue weighted by molar-refractivity contribution is 5.21. The van der Waals surface area contributed by atoms with Crippen molar-refractivity contribution in [2.75, 3.05) is 0 Å². The summed E-state index contributed by atoms with van der Waals surface area (Å²) in [5.74, 6) is 3.00. The highest BCUT2D eigenvalue weighted by Gasteiger charge is 2.55. The third-order valence-electron chi connectivity index (χ3n) is 4.59. The molecule has 0 heterocycles. The number of hydrogen-bond acceptors (Lipinski definition) is 1. The van der Waals surface area contributed by atoms with Gasteiger partial charge in [-0.1, -0.05) is 32.1 Å². The molecule has 1 spiro atoms. The van der Waals surface area contributed by atoms with E-state index in [2.05, 4.69) is 12.8 Å². The van der Waals surface area contributed by atoms with E-state index in [0.717, 1.165) is 25.7 Å². The molecule has 0 amide bonds. The topological polar surface area (TPSA) is 20.2 Å². The van der Waals surface area contributed by atoms with Crippen molar-refractivity contribution < 1.29 is 5.11 Å². The molecule has 2 saturated carbocycles. The Hall–Kier alpha value is -0.480. The molecular formula is C13H20O. The Labute approximate surface area is 86.9 Å². The molecule has 0 saturated heterocycles. The molecule has 2 aliphatic carbocycles. The van der Waals surface area contributed by atoms with Gasteiger partial charge in [0.2, 0.25) is 0 Å². The van der Waals surface area contributed by atoms with Crippen LogP contribution in [0.5, 0.6) is 0 Å². The minimum atomic E-state index is -0.818. The average molecular weight is 192 g/mol. The highest BCUT2D eigenvalue weighted by atomic mass is 16.3. The molecule has 1 N–H and O–H groups in total. The zero-order valence-electron chi connectivity index (χ0n) is 9.05. The predicted molar refractivity (Wildman–Crippen MR) is 57.7 cm³/mol. The van der Waals surface area contributed by atoms with Gasteiger partial charge in [-0.15, -0.1) is 6.42 Å². The van der Waals surface area contributed by atoms with Gasteiger partial charge in [-0.25, -0.2) is 0 Å². The third kappa shape index (κ3) is 1.13. The van der Waals surface area contributed by atoms with Gasteiger partial charge in [-0.05, 0) is 31.6 Å². The summed E-state index contributed by atoms with van der Waals surface area (Å²) >= 11 is 0. The second kappa shape index (κ2) is 3.28. The van der Waals surface area contributed by atoms with Gasteiger partial charge in [-0.2, -0.15) is 0 Å². The lowest BCUT2D eigenvalue weighted by atomic mass is 9.58. The van der Waals surface area contributed by atoms with Crippen LogP contribution in [0.25, 0.3) is 0 Å². The molecule has 0 radical (unpaired) electrons. The van der Waals surface area contributed by atoms with Crippen LogP contribution >= 0.6 is 0 Å². The molecule has 14 heavy (non-hydrogen) atoms. The van der Waals surface area contributed by atoms with Crippen LogP contribution in [-0.4, -0.2) is 10.7 Å². The molecule has 1 nitrogen and oxygen atoms in total. The fourth-order valence-corrected chi connectivity index (χ4v) is 3.65. The number of terminal acetylenes is 1. The summed E-state index contributed by atoms with van der Waals surface area (Å²) in [6.45, 7) is 2.11. The van der Waals surface area contributed by atoms with Crippen molar-refractivity contribution in [2.24, 2.45) is 11.3 Å². The van der Waals surface area contributed by atoms with E-state index in [4.69, 9.17) is 6.42 Å². The van der Waals surface area contributed by atoms with E-state index in [-0.39, 0.29) is 11.3 Å². The van der Waals surface area contributed by atoms with Gasteiger partial charge in [0.15, 0.2) is 0 Å². The molecule has 0 aromatic rings. The van der Waals surface area contributed by atoms with Crippen molar-refractivity contribution in [1.82, 2.24) is 0 Å². The largest absolute Gasteiger partial charge is 0.377 e. The van der Waals surface area contributed by atoms with Crippen LogP contribution in [0.4, 0.5) is 0 Å². The fourth-order valence-electron chi connectivity index (χ4n) is 3.65. The molecule has 2 unspecified atom stereocenters. The van der Waals surface area contributed by atoms with Crippen LogP contribution in [0.1, 0.15) is 51.9 Å². The fraction of sp³-hybridized carbons (Fsp3) is 0.846. The first-order chi connectivity index (χ1) is 6.65. The summed E-state index contributed by atoms with van der Waals surface area (Å²) in [6, 6.07) is 0. The first-order valence-electron chi connectivity index (χ1n) is 5.85. The summed E-state index contributed by atoms with van der Waals surface area (Å²) in [4.78, 5) is 0. The second-order valence-corrected chi connectivity index (χ2v) is 5.19. The van der Waals surface area contributed by atoms with Crippen molar-refractivity contribution in [3.05, 3.63) is 0 Å². The lowest BCUT2D eigenvalue weighted by Crippen LogP contribution is -2.53. The minimum absolute atomic E-state index is 0.0689. The molecule has 0 aromatic heterocycles. The summed E-state index contributed by atoms with van der Waals surface area (Å²) in [5.41, 5.74) is -0.749. The summed E-state index contributed by atoms with van der Waals surface area (Å²) in [5, 5.41) is 10.7. The molecule has 78 valence electrons. The van der Waals surface area contributed by atoms with Crippen LogP contribution in [0.2, 0.25) is 0 Å². The summed E-state index contributed by atoms with van der Waals surface area (Å²) in [7, 11) is 0. The molecule has 2 aliphatic rings. The maximum absolute atomic E-state index is 10.7. The molecule has 0 aliphatic heterocycles. The van der Waals surface area contributed by atoms with Crippen LogP contribution in [0.3, 0.4) is 0 Å². The monoisotopic (exact) mass is 192 g/mol. The predicted octanol–water partition coefficient (Wildman–Crippen LogP) is 2.73. The minimum Gasteiger partial charge on any atom is -0.377 e. The van der Waals surface area contributed by atoms with Crippen molar-refractivity contribution in [1.29, 1.82) is 0 Å². The molecule has 1 heteroatoms. The average Bonchev–Trinajstić information content (AvgIpc) is 2.64. The van der Waals surface area contributed by atoms with Crippen molar-refractivity contribution in [3.8, 4) is 12.3 Å². The highest BCUT2D eigenvalue weighted by Crippen LogP contribution is 2.56. The Balaban J connectivity index is 2.34. The van der Waals surface area contributed by atoms with E-state index in [1.807, 2.05) is 0 Å². The van der Waals surface area contributed by atoms with E-state index in [9.17, 15) is 5.11 Å². The normalized spacial score (nSPS) is 41.1. The van der Waals surface area contributed by atoms with Crippen molar-refractivity contribution in [2.45, 2.75) is 57.5 Å². The van der Waals surface area contributed by atoms with Crippen LogP contribution in [0.15, 0.2) is 0 Å². The summed E-state index contributed by atoms with van der Waals surface area (Å²) in [6.07, 6.45) is 13.8. The number of hydrogen-bond donors (Lipinski definition) is 1. The maximum Gasteiger partial charge on any atom is 0.133 e. The SMILES string of the molecule is C#CC1(O)C(C)CCCC12CCCC2. The van der Waals surface area contributed by atoms with Crippen molar-refractivity contribution >= 4 is 0 Å². The first kappa shape index (κ1) is 10.1. The zero-order valence-corrected chi connectivity index (χ0v) is 9.05. The third-order valence-corrected chi connectivity index (χ3v) is 4.59. The van der Waals surface area contributed by atoms with Crippen LogP contribution in [0, 0.1) is 23.7 Å². The van der Waals surface area contributed by atoms with E-state index in [0.29, 0.717) is 0 Å².